The van der Waals surface area contributed by atoms with Gasteiger partial charge in [-0.1, -0.05) is 32.9 Å². The van der Waals surface area contributed by atoms with E-state index in [1.165, 1.54) is 10.5 Å². The second kappa shape index (κ2) is 10.9. The van der Waals surface area contributed by atoms with Gasteiger partial charge in [-0.3, -0.25) is 4.79 Å². The van der Waals surface area contributed by atoms with Crippen LogP contribution in [0.3, 0.4) is 0 Å². The fourth-order valence-corrected chi connectivity index (χ4v) is 5.66. The van der Waals surface area contributed by atoms with Crippen LogP contribution in [0.2, 0.25) is 0 Å². The Bertz CT molecular complexity index is 1490. The van der Waals surface area contributed by atoms with Gasteiger partial charge in [0.15, 0.2) is 0 Å². The predicted octanol–water partition coefficient (Wildman–Crippen LogP) is 3.56. The molecule has 1 fully saturated rings. The fraction of sp³-hybridized carbons (Fsp3) is 0.407. The number of halogens is 2. The lowest BCUT2D eigenvalue weighted by Crippen LogP contribution is -2.49. The molecule has 2 heterocycles. The Hall–Kier alpha value is -3.51. The van der Waals surface area contributed by atoms with E-state index in [-0.39, 0.29) is 48.8 Å². The number of anilines is 2. The lowest BCUT2D eigenvalue weighted by molar-refractivity contribution is 0.102. The third kappa shape index (κ3) is 6.56. The SMILES string of the molecule is CC(Oc1c(N2CCN(S(=O)(=O)Cc3cccc(N)c3)CC2)cnn(-c2cc(F)cc(F)c2)c1=O)C(C)(C)C. The van der Waals surface area contributed by atoms with Crippen molar-refractivity contribution in [3.05, 3.63) is 76.2 Å². The molecule has 39 heavy (non-hydrogen) atoms. The van der Waals surface area contributed by atoms with E-state index in [0.717, 1.165) is 16.8 Å². The first-order valence-electron chi connectivity index (χ1n) is 12.6. The Kier molecular flexibility index (Phi) is 7.99. The number of nitrogens with zero attached hydrogens (tertiary/aromatic N) is 4. The van der Waals surface area contributed by atoms with E-state index in [4.69, 9.17) is 10.5 Å². The molecule has 2 aromatic carbocycles. The second-order valence-corrected chi connectivity index (χ2v) is 12.7. The molecule has 0 amide bonds. The van der Waals surface area contributed by atoms with Crippen LogP contribution in [0.5, 0.6) is 5.75 Å². The Morgan fingerprint density at radius 1 is 1.05 bits per heavy atom. The van der Waals surface area contributed by atoms with Crippen LogP contribution in [0.25, 0.3) is 5.69 Å². The molecule has 210 valence electrons. The molecule has 2 N–H and O–H groups in total. The summed E-state index contributed by atoms with van der Waals surface area (Å²) in [5.74, 6) is -1.88. The molecule has 9 nitrogen and oxygen atoms in total. The number of rotatable bonds is 7. The summed E-state index contributed by atoms with van der Waals surface area (Å²) in [6.07, 6.45) is 1.01. The maximum Gasteiger partial charge on any atom is 0.316 e. The normalized spacial score (nSPS) is 15.8. The summed E-state index contributed by atoms with van der Waals surface area (Å²) in [6.45, 7) is 8.67. The highest BCUT2D eigenvalue weighted by atomic mass is 32.2. The van der Waals surface area contributed by atoms with E-state index < -0.39 is 33.3 Å². The first-order valence-corrected chi connectivity index (χ1v) is 14.2. The molecule has 1 unspecified atom stereocenters. The number of piperazine rings is 1. The summed E-state index contributed by atoms with van der Waals surface area (Å²) in [6, 6.07) is 9.50. The molecule has 3 aromatic rings. The molecule has 4 rings (SSSR count). The molecule has 0 spiro atoms. The minimum absolute atomic E-state index is 0.0202. The van der Waals surface area contributed by atoms with Gasteiger partial charge in [-0.15, -0.1) is 0 Å². The molecular formula is C27H33F2N5O4S. The maximum absolute atomic E-state index is 13.9. The average molecular weight is 562 g/mol. The highest BCUT2D eigenvalue weighted by Crippen LogP contribution is 2.31. The summed E-state index contributed by atoms with van der Waals surface area (Å²) in [7, 11) is -3.60. The van der Waals surface area contributed by atoms with E-state index in [1.807, 2.05) is 32.6 Å². The zero-order valence-electron chi connectivity index (χ0n) is 22.4. The van der Waals surface area contributed by atoms with Gasteiger partial charge in [-0.05, 0) is 42.2 Å². The molecule has 0 radical (unpaired) electrons. The largest absolute Gasteiger partial charge is 0.483 e. The molecule has 12 heteroatoms. The van der Waals surface area contributed by atoms with Gasteiger partial charge in [0.25, 0.3) is 0 Å². The van der Waals surface area contributed by atoms with Crippen molar-refractivity contribution in [1.82, 2.24) is 14.1 Å². The second-order valence-electron chi connectivity index (χ2n) is 10.7. The van der Waals surface area contributed by atoms with E-state index in [2.05, 4.69) is 5.10 Å². The minimum atomic E-state index is -3.60. The van der Waals surface area contributed by atoms with Crippen molar-refractivity contribution in [1.29, 1.82) is 0 Å². The topological polar surface area (TPSA) is 111 Å². The first kappa shape index (κ1) is 28.5. The lowest BCUT2D eigenvalue weighted by Gasteiger charge is -2.36. The number of hydrogen-bond donors (Lipinski definition) is 1. The van der Waals surface area contributed by atoms with Crippen LogP contribution in [0, 0.1) is 17.0 Å². The van der Waals surface area contributed by atoms with Crippen molar-refractivity contribution in [2.45, 2.75) is 39.6 Å². The monoisotopic (exact) mass is 561 g/mol. The van der Waals surface area contributed by atoms with Crippen molar-refractivity contribution >= 4 is 21.4 Å². The van der Waals surface area contributed by atoms with E-state index in [9.17, 15) is 22.0 Å². The molecule has 1 saturated heterocycles. The van der Waals surface area contributed by atoms with Crippen molar-refractivity contribution in [3.63, 3.8) is 0 Å². The smallest absolute Gasteiger partial charge is 0.316 e. The Labute approximate surface area is 226 Å². The van der Waals surface area contributed by atoms with Gasteiger partial charge in [-0.2, -0.15) is 14.1 Å². The summed E-state index contributed by atoms with van der Waals surface area (Å²) in [5, 5.41) is 4.17. The van der Waals surface area contributed by atoms with Gasteiger partial charge in [0, 0.05) is 37.9 Å². The van der Waals surface area contributed by atoms with Crippen molar-refractivity contribution < 1.29 is 21.9 Å². The van der Waals surface area contributed by atoms with Crippen LogP contribution in [-0.2, 0) is 15.8 Å². The molecule has 0 saturated carbocycles. The standard InChI is InChI=1S/C27H33F2N5O4S/c1-18(27(2,3)4)38-25-24(16-31-34(26(25)35)23-14-20(28)13-21(29)15-23)32-8-10-33(11-9-32)39(36,37)17-19-6-5-7-22(30)12-19/h5-7,12-16,18H,8-11,17,30H2,1-4H3. The van der Waals surface area contributed by atoms with Gasteiger partial charge < -0.3 is 15.4 Å². The van der Waals surface area contributed by atoms with Gasteiger partial charge in [0.1, 0.15) is 23.4 Å². The number of nitrogens with two attached hydrogens (primary N) is 1. The molecule has 0 bridgehead atoms. The predicted molar refractivity (Wildman–Crippen MR) is 147 cm³/mol. The summed E-state index contributed by atoms with van der Waals surface area (Å²) >= 11 is 0. The van der Waals surface area contributed by atoms with E-state index in [0.29, 0.717) is 23.0 Å². The number of sulfonamides is 1. The number of benzene rings is 2. The number of ether oxygens (including phenoxy) is 1. The van der Waals surface area contributed by atoms with Gasteiger partial charge in [0.2, 0.25) is 15.8 Å². The lowest BCUT2D eigenvalue weighted by atomic mass is 9.90. The molecule has 0 aliphatic carbocycles. The van der Waals surface area contributed by atoms with Crippen molar-refractivity contribution in [3.8, 4) is 11.4 Å². The van der Waals surface area contributed by atoms with Crippen LogP contribution < -0.4 is 20.9 Å². The highest BCUT2D eigenvalue weighted by molar-refractivity contribution is 7.88. The average Bonchev–Trinajstić information content (AvgIpc) is 2.84. The van der Waals surface area contributed by atoms with Gasteiger partial charge in [0.05, 0.1) is 17.6 Å². The van der Waals surface area contributed by atoms with Crippen LogP contribution in [0.1, 0.15) is 33.3 Å². The van der Waals surface area contributed by atoms with Gasteiger partial charge >= 0.3 is 5.56 Å². The third-order valence-corrected chi connectivity index (χ3v) is 8.64. The Morgan fingerprint density at radius 2 is 1.69 bits per heavy atom. The molecule has 1 aliphatic heterocycles. The first-order chi connectivity index (χ1) is 18.2. The Balaban J connectivity index is 1.62. The van der Waals surface area contributed by atoms with Crippen LogP contribution >= 0.6 is 0 Å². The van der Waals surface area contributed by atoms with Crippen molar-refractivity contribution in [2.75, 3.05) is 36.8 Å². The maximum atomic E-state index is 13.9. The zero-order valence-corrected chi connectivity index (χ0v) is 23.2. The van der Waals surface area contributed by atoms with Gasteiger partial charge in [-0.25, -0.2) is 17.2 Å². The number of hydrogen-bond acceptors (Lipinski definition) is 7. The molecule has 1 aliphatic rings. The molecule has 1 atom stereocenters. The van der Waals surface area contributed by atoms with Crippen molar-refractivity contribution in [2.24, 2.45) is 5.41 Å². The quantitative estimate of drug-likeness (QED) is 0.439. The number of aromatic nitrogens is 2. The van der Waals surface area contributed by atoms with E-state index in [1.54, 1.807) is 24.3 Å². The minimum Gasteiger partial charge on any atom is -0.483 e. The fourth-order valence-electron chi connectivity index (χ4n) is 4.16. The van der Waals surface area contributed by atoms with Crippen LogP contribution in [0.4, 0.5) is 20.2 Å². The highest BCUT2D eigenvalue weighted by Gasteiger charge is 2.31. The van der Waals surface area contributed by atoms with E-state index >= 15 is 0 Å². The molecule has 1 aromatic heterocycles. The zero-order chi connectivity index (χ0) is 28.5. The molecular weight excluding hydrogens is 528 g/mol. The summed E-state index contributed by atoms with van der Waals surface area (Å²) in [5.41, 5.74) is 6.20. The van der Waals surface area contributed by atoms with Crippen LogP contribution in [-0.4, -0.2) is 54.8 Å². The summed E-state index contributed by atoms with van der Waals surface area (Å²) < 4.78 is 62.4. The number of nitrogen functional groups attached to an aromatic ring is 1. The Morgan fingerprint density at radius 3 is 2.28 bits per heavy atom. The third-order valence-electron chi connectivity index (χ3n) is 6.79. The summed E-state index contributed by atoms with van der Waals surface area (Å²) in [4.78, 5) is 15.4. The van der Waals surface area contributed by atoms with Crippen LogP contribution in [0.15, 0.2) is 53.5 Å².